The number of para-hydroxylation sites is 1. The predicted molar refractivity (Wildman–Crippen MR) is 143 cm³/mol. The highest BCUT2D eigenvalue weighted by atomic mass is 32.2. The van der Waals surface area contributed by atoms with E-state index in [1.165, 1.54) is 11.8 Å². The van der Waals surface area contributed by atoms with E-state index in [4.69, 9.17) is 5.73 Å². The number of rotatable bonds is 15. The molecule has 0 bridgehead atoms. The molecular formula is C25H37N5O6S. The maximum Gasteiger partial charge on any atom is 0.326 e. The number of carbonyl (C=O) groups is 4. The van der Waals surface area contributed by atoms with Crippen molar-refractivity contribution in [1.82, 2.24) is 20.9 Å². The number of aliphatic hydroxyl groups is 1. The molecule has 8 N–H and O–H groups in total. The molecule has 3 amide bonds. The van der Waals surface area contributed by atoms with Crippen LogP contribution in [0.4, 0.5) is 0 Å². The number of aromatic amines is 1. The first-order valence-corrected chi connectivity index (χ1v) is 13.5. The molecule has 0 aliphatic rings. The monoisotopic (exact) mass is 535 g/mol. The fraction of sp³-hybridized carbons (Fsp3) is 0.520. The summed E-state index contributed by atoms with van der Waals surface area (Å²) < 4.78 is 0. The van der Waals surface area contributed by atoms with Crippen LogP contribution in [0.2, 0.25) is 0 Å². The second-order valence-electron chi connectivity index (χ2n) is 9.29. The van der Waals surface area contributed by atoms with Gasteiger partial charge in [0.05, 0.1) is 12.6 Å². The quantitative estimate of drug-likeness (QED) is 0.170. The van der Waals surface area contributed by atoms with E-state index in [0.29, 0.717) is 12.2 Å². The first kappa shape index (κ1) is 30.1. The average molecular weight is 536 g/mol. The van der Waals surface area contributed by atoms with Crippen LogP contribution < -0.4 is 21.7 Å². The van der Waals surface area contributed by atoms with Gasteiger partial charge in [-0.15, -0.1) is 0 Å². The molecule has 0 fully saturated rings. The van der Waals surface area contributed by atoms with Crippen molar-refractivity contribution in [1.29, 1.82) is 0 Å². The smallest absolute Gasteiger partial charge is 0.326 e. The van der Waals surface area contributed by atoms with Gasteiger partial charge < -0.3 is 36.9 Å². The summed E-state index contributed by atoms with van der Waals surface area (Å²) in [5, 5.41) is 27.7. The Morgan fingerprint density at radius 1 is 1.00 bits per heavy atom. The topological polar surface area (TPSA) is 187 Å². The van der Waals surface area contributed by atoms with Crippen LogP contribution >= 0.6 is 11.8 Å². The fourth-order valence-electron chi connectivity index (χ4n) is 3.86. The number of fused-ring (bicyclic) bond motifs is 1. The van der Waals surface area contributed by atoms with Gasteiger partial charge in [-0.05, 0) is 42.4 Å². The Labute approximate surface area is 220 Å². The van der Waals surface area contributed by atoms with Gasteiger partial charge in [-0.25, -0.2) is 4.79 Å². The van der Waals surface area contributed by atoms with Crippen molar-refractivity contribution >= 4 is 46.4 Å². The molecule has 1 aromatic carbocycles. The van der Waals surface area contributed by atoms with Crippen molar-refractivity contribution in [3.63, 3.8) is 0 Å². The van der Waals surface area contributed by atoms with Crippen molar-refractivity contribution < 1.29 is 29.4 Å². The molecule has 0 aliphatic heterocycles. The molecule has 0 radical (unpaired) electrons. The maximum atomic E-state index is 13.2. The van der Waals surface area contributed by atoms with E-state index in [1.54, 1.807) is 6.20 Å². The van der Waals surface area contributed by atoms with Gasteiger partial charge >= 0.3 is 5.97 Å². The van der Waals surface area contributed by atoms with Crippen LogP contribution in [0, 0.1) is 5.92 Å². The van der Waals surface area contributed by atoms with Gasteiger partial charge in [0.2, 0.25) is 17.7 Å². The first-order valence-electron chi connectivity index (χ1n) is 12.1. The molecule has 11 nitrogen and oxygen atoms in total. The van der Waals surface area contributed by atoms with Crippen molar-refractivity contribution in [2.75, 3.05) is 18.6 Å². The molecule has 4 atom stereocenters. The zero-order valence-corrected chi connectivity index (χ0v) is 22.1. The summed E-state index contributed by atoms with van der Waals surface area (Å²) in [6, 6.07) is 2.93. The first-order chi connectivity index (χ1) is 17.6. The minimum absolute atomic E-state index is 0.0510. The summed E-state index contributed by atoms with van der Waals surface area (Å²) in [4.78, 5) is 53.4. The molecule has 12 heteroatoms. The number of amides is 3. The highest BCUT2D eigenvalue weighted by Gasteiger charge is 2.30. The molecule has 0 saturated carbocycles. The van der Waals surface area contributed by atoms with Crippen LogP contribution in [0.1, 0.15) is 32.3 Å². The van der Waals surface area contributed by atoms with Crippen molar-refractivity contribution in [2.24, 2.45) is 11.7 Å². The normalized spacial score (nSPS) is 14.5. The molecule has 4 unspecified atom stereocenters. The minimum Gasteiger partial charge on any atom is -0.480 e. The third-order valence-corrected chi connectivity index (χ3v) is 6.48. The number of nitrogens with two attached hydrogens (primary N) is 1. The van der Waals surface area contributed by atoms with Crippen molar-refractivity contribution in [3.8, 4) is 0 Å². The van der Waals surface area contributed by atoms with Crippen LogP contribution in [0.3, 0.4) is 0 Å². The SMILES string of the molecule is CSCCC(NC(=O)C(Cc1c[nH]c2ccccc12)NC(=O)C(CO)NC(=O)C(N)CC(C)C)C(=O)O. The fourth-order valence-corrected chi connectivity index (χ4v) is 4.33. The molecule has 0 aliphatic carbocycles. The molecule has 0 spiro atoms. The summed E-state index contributed by atoms with van der Waals surface area (Å²) in [7, 11) is 0. The number of carboxylic acid groups (broad SMARTS) is 1. The Morgan fingerprint density at radius 2 is 1.62 bits per heavy atom. The third-order valence-electron chi connectivity index (χ3n) is 5.83. The minimum atomic E-state index is -1.34. The highest BCUT2D eigenvalue weighted by Crippen LogP contribution is 2.19. The van der Waals surface area contributed by atoms with E-state index in [0.717, 1.165) is 16.5 Å². The van der Waals surface area contributed by atoms with Gasteiger partial charge in [0.1, 0.15) is 18.1 Å². The Bertz CT molecular complexity index is 1070. The number of hydrogen-bond acceptors (Lipinski definition) is 7. The van der Waals surface area contributed by atoms with E-state index < -0.39 is 54.5 Å². The molecule has 37 heavy (non-hydrogen) atoms. The highest BCUT2D eigenvalue weighted by molar-refractivity contribution is 7.98. The average Bonchev–Trinajstić information content (AvgIpc) is 3.26. The molecule has 2 rings (SSSR count). The van der Waals surface area contributed by atoms with Crippen molar-refractivity contribution in [3.05, 3.63) is 36.0 Å². The molecule has 1 aromatic heterocycles. The number of benzene rings is 1. The number of nitrogens with one attached hydrogen (secondary N) is 4. The Kier molecular flexibility index (Phi) is 11.9. The van der Waals surface area contributed by atoms with E-state index in [1.807, 2.05) is 44.4 Å². The summed E-state index contributed by atoms with van der Waals surface area (Å²) in [5.41, 5.74) is 7.46. The Morgan fingerprint density at radius 3 is 2.24 bits per heavy atom. The molecule has 2 aromatic rings. The molecule has 0 saturated heterocycles. The van der Waals surface area contributed by atoms with Gasteiger partial charge in [0.25, 0.3) is 0 Å². The van der Waals surface area contributed by atoms with E-state index in [-0.39, 0.29) is 18.8 Å². The third kappa shape index (κ3) is 9.06. The van der Waals surface area contributed by atoms with E-state index in [2.05, 4.69) is 20.9 Å². The lowest BCUT2D eigenvalue weighted by atomic mass is 10.0. The predicted octanol–water partition coefficient (Wildman–Crippen LogP) is 0.368. The number of carbonyl (C=O) groups excluding carboxylic acids is 3. The lowest BCUT2D eigenvalue weighted by Crippen LogP contribution is -2.58. The van der Waals surface area contributed by atoms with E-state index in [9.17, 15) is 29.4 Å². The number of aromatic nitrogens is 1. The zero-order valence-electron chi connectivity index (χ0n) is 21.3. The standard InChI is InChI=1S/C25H37N5O6S/c1-14(2)10-17(26)22(32)30-21(13-31)24(34)29-20(23(33)28-19(25(35)36)8-9-37-3)11-15-12-27-18-7-5-4-6-16(15)18/h4-7,12,14,17,19-21,27,31H,8-11,13,26H2,1-3H3,(H,28,33)(H,29,34)(H,30,32)(H,35,36). The summed E-state index contributed by atoms with van der Waals surface area (Å²) in [5.74, 6) is -2.58. The molecular weight excluding hydrogens is 498 g/mol. The van der Waals surface area contributed by atoms with Gasteiger partial charge in [-0.3, -0.25) is 14.4 Å². The number of thioether (sulfide) groups is 1. The number of carboxylic acids is 1. The van der Waals surface area contributed by atoms with Crippen molar-refractivity contribution in [2.45, 2.75) is 57.3 Å². The molecule has 204 valence electrons. The Hall–Kier alpha value is -3.09. The van der Waals surface area contributed by atoms with Crippen LogP contribution in [0.25, 0.3) is 10.9 Å². The number of hydrogen-bond donors (Lipinski definition) is 7. The van der Waals surface area contributed by atoms with Crippen LogP contribution in [0.15, 0.2) is 30.5 Å². The maximum absolute atomic E-state index is 13.2. The van der Waals surface area contributed by atoms with Gasteiger partial charge in [0, 0.05) is 23.5 Å². The largest absolute Gasteiger partial charge is 0.480 e. The zero-order chi connectivity index (χ0) is 27.5. The van der Waals surface area contributed by atoms with E-state index >= 15 is 0 Å². The second kappa shape index (κ2) is 14.6. The van der Waals surface area contributed by atoms with Crippen LogP contribution in [0.5, 0.6) is 0 Å². The second-order valence-corrected chi connectivity index (χ2v) is 10.3. The Balaban J connectivity index is 2.24. The van der Waals surface area contributed by atoms with Gasteiger partial charge in [-0.2, -0.15) is 11.8 Å². The lowest BCUT2D eigenvalue weighted by molar-refractivity contribution is -0.142. The lowest BCUT2D eigenvalue weighted by Gasteiger charge is -2.24. The summed E-state index contributed by atoms with van der Waals surface area (Å²) in [6.45, 7) is 3.10. The summed E-state index contributed by atoms with van der Waals surface area (Å²) >= 11 is 1.45. The van der Waals surface area contributed by atoms with Gasteiger partial charge in [-0.1, -0.05) is 32.0 Å². The van der Waals surface area contributed by atoms with Gasteiger partial charge in [0.15, 0.2) is 0 Å². The van der Waals surface area contributed by atoms with Crippen LogP contribution in [-0.2, 0) is 25.6 Å². The number of H-pyrrole nitrogens is 1. The number of aliphatic hydroxyl groups excluding tert-OH is 1. The molecule has 1 heterocycles. The number of aliphatic carboxylic acids is 1. The summed E-state index contributed by atoms with van der Waals surface area (Å²) in [6.07, 6.45) is 4.20. The van der Waals surface area contributed by atoms with Crippen LogP contribution in [-0.4, -0.2) is 81.7 Å².